The number of primary amides is 1. The Bertz CT molecular complexity index is 708. The Morgan fingerprint density at radius 3 is 2.57 bits per heavy atom. The molecule has 0 saturated heterocycles. The lowest BCUT2D eigenvalue weighted by Crippen LogP contribution is -2.36. The van der Waals surface area contributed by atoms with Crippen molar-refractivity contribution in [3.63, 3.8) is 0 Å². The van der Waals surface area contributed by atoms with Crippen LogP contribution in [0.3, 0.4) is 0 Å². The number of allylic oxidation sites excluding steroid dienone is 2. The molecule has 1 aromatic rings. The van der Waals surface area contributed by atoms with E-state index in [0.29, 0.717) is 13.0 Å². The standard InChI is InChI=1S/C15H18N4O4/c1-2-19-12(13(16)20)9(6-17-19)18-14(21)10-7-3-4-8(5-7)11(10)15(22)23/h3-4,6-8,10-11H,2,5H2,1H3,(H2,16,20)(H,18,21)(H,22,23)/t7-,8-,10+,11-/m0/s1. The van der Waals surface area contributed by atoms with Gasteiger partial charge in [-0.15, -0.1) is 0 Å². The molecule has 3 rings (SSSR count). The number of hydrogen-bond acceptors (Lipinski definition) is 4. The van der Waals surface area contributed by atoms with E-state index >= 15 is 0 Å². The van der Waals surface area contributed by atoms with Crippen molar-refractivity contribution in [2.24, 2.45) is 29.4 Å². The maximum absolute atomic E-state index is 12.6. The van der Waals surface area contributed by atoms with Gasteiger partial charge < -0.3 is 16.2 Å². The van der Waals surface area contributed by atoms with Crippen molar-refractivity contribution in [1.82, 2.24) is 9.78 Å². The molecule has 0 radical (unpaired) electrons. The summed E-state index contributed by atoms with van der Waals surface area (Å²) in [5, 5.41) is 16.0. The monoisotopic (exact) mass is 318 g/mol. The number of hydrogen-bond donors (Lipinski definition) is 3. The molecule has 4 N–H and O–H groups in total. The molecule has 2 aliphatic rings. The van der Waals surface area contributed by atoms with Gasteiger partial charge in [-0.2, -0.15) is 5.10 Å². The van der Waals surface area contributed by atoms with Crippen LogP contribution in [0, 0.1) is 23.7 Å². The molecule has 8 nitrogen and oxygen atoms in total. The number of nitrogens with one attached hydrogen (secondary N) is 1. The van der Waals surface area contributed by atoms with Crippen LogP contribution < -0.4 is 11.1 Å². The van der Waals surface area contributed by atoms with Crippen LogP contribution in [0.1, 0.15) is 23.8 Å². The summed E-state index contributed by atoms with van der Waals surface area (Å²) in [5.41, 5.74) is 5.68. The second-order valence-corrected chi connectivity index (χ2v) is 5.91. The zero-order valence-corrected chi connectivity index (χ0v) is 12.6. The molecule has 2 bridgehead atoms. The summed E-state index contributed by atoms with van der Waals surface area (Å²) < 4.78 is 1.40. The normalized spacial score (nSPS) is 28.0. The Kier molecular flexibility index (Phi) is 3.67. The Morgan fingerprint density at radius 2 is 2.00 bits per heavy atom. The molecule has 1 saturated carbocycles. The molecule has 0 aromatic carbocycles. The molecule has 1 heterocycles. The fourth-order valence-electron chi connectivity index (χ4n) is 3.71. The highest BCUT2D eigenvalue weighted by atomic mass is 16.4. The first-order chi connectivity index (χ1) is 10.9. The van der Waals surface area contributed by atoms with Crippen molar-refractivity contribution >= 4 is 23.5 Å². The van der Waals surface area contributed by atoms with E-state index in [9.17, 15) is 19.5 Å². The molecular formula is C15H18N4O4. The van der Waals surface area contributed by atoms with Crippen LogP contribution in [0.25, 0.3) is 0 Å². The van der Waals surface area contributed by atoms with Crippen molar-refractivity contribution < 1.29 is 19.5 Å². The summed E-state index contributed by atoms with van der Waals surface area (Å²) >= 11 is 0. The lowest BCUT2D eigenvalue weighted by Gasteiger charge is -2.23. The first kappa shape index (κ1) is 15.3. The Labute approximate surface area is 132 Å². The van der Waals surface area contributed by atoms with Crippen molar-refractivity contribution in [3.8, 4) is 0 Å². The number of carboxylic acid groups (broad SMARTS) is 1. The lowest BCUT2D eigenvalue weighted by atomic mass is 9.82. The fraction of sp³-hybridized carbons (Fsp3) is 0.467. The average molecular weight is 318 g/mol. The minimum absolute atomic E-state index is 0.0839. The number of nitrogens with two attached hydrogens (primary N) is 1. The molecule has 1 fully saturated rings. The number of carbonyl (C=O) groups is 3. The van der Waals surface area contributed by atoms with E-state index in [1.54, 1.807) is 6.92 Å². The first-order valence-electron chi connectivity index (χ1n) is 7.51. The van der Waals surface area contributed by atoms with Crippen molar-refractivity contribution in [2.45, 2.75) is 19.9 Å². The molecular weight excluding hydrogens is 300 g/mol. The van der Waals surface area contributed by atoms with Gasteiger partial charge in [0.25, 0.3) is 5.91 Å². The summed E-state index contributed by atoms with van der Waals surface area (Å²) in [6.45, 7) is 2.23. The summed E-state index contributed by atoms with van der Waals surface area (Å²) in [6.07, 6.45) is 5.81. The summed E-state index contributed by atoms with van der Waals surface area (Å²) in [4.78, 5) is 35.6. The molecule has 122 valence electrons. The predicted octanol–water partition coefficient (Wildman–Crippen LogP) is 0.463. The lowest BCUT2D eigenvalue weighted by molar-refractivity contribution is -0.146. The number of amides is 2. The van der Waals surface area contributed by atoms with Gasteiger partial charge in [-0.3, -0.25) is 19.1 Å². The van der Waals surface area contributed by atoms with Crippen LogP contribution in [-0.4, -0.2) is 32.7 Å². The molecule has 2 amide bonds. The van der Waals surface area contributed by atoms with Crippen molar-refractivity contribution in [2.75, 3.05) is 5.32 Å². The van der Waals surface area contributed by atoms with E-state index in [1.165, 1.54) is 10.9 Å². The Morgan fingerprint density at radius 1 is 1.35 bits per heavy atom. The maximum Gasteiger partial charge on any atom is 0.307 e. The van der Waals surface area contributed by atoms with Crippen molar-refractivity contribution in [3.05, 3.63) is 24.0 Å². The van der Waals surface area contributed by atoms with Crippen LogP contribution in [0.5, 0.6) is 0 Å². The topological polar surface area (TPSA) is 127 Å². The summed E-state index contributed by atoms with van der Waals surface area (Å²) in [5.74, 6) is -3.64. The van der Waals surface area contributed by atoms with Gasteiger partial charge in [-0.1, -0.05) is 12.2 Å². The SMILES string of the molecule is CCn1ncc(NC(=O)[C@H]2[C@@H](C(=O)O)[C@H]3C=C[C@H]2C3)c1C(N)=O. The van der Waals surface area contributed by atoms with Gasteiger partial charge in [-0.25, -0.2) is 0 Å². The highest BCUT2D eigenvalue weighted by molar-refractivity contribution is 6.03. The Hall–Kier alpha value is -2.64. The molecule has 8 heteroatoms. The number of carboxylic acids is 1. The quantitative estimate of drug-likeness (QED) is 0.680. The van der Waals surface area contributed by atoms with Gasteiger partial charge >= 0.3 is 5.97 Å². The minimum atomic E-state index is -0.971. The summed E-state index contributed by atoms with van der Waals surface area (Å²) in [7, 11) is 0. The largest absolute Gasteiger partial charge is 0.481 e. The smallest absolute Gasteiger partial charge is 0.307 e. The van der Waals surface area contributed by atoms with E-state index in [4.69, 9.17) is 5.73 Å². The number of anilines is 1. The second kappa shape index (κ2) is 5.53. The molecule has 2 aliphatic carbocycles. The third-order valence-corrected chi connectivity index (χ3v) is 4.68. The number of carbonyl (C=O) groups excluding carboxylic acids is 2. The maximum atomic E-state index is 12.6. The van der Waals surface area contributed by atoms with Crippen LogP contribution >= 0.6 is 0 Å². The zero-order valence-electron chi connectivity index (χ0n) is 12.6. The van der Waals surface area contributed by atoms with Crippen LogP contribution in [0.2, 0.25) is 0 Å². The number of rotatable bonds is 5. The van der Waals surface area contributed by atoms with Gasteiger partial charge in [0.05, 0.1) is 23.7 Å². The molecule has 0 unspecified atom stereocenters. The number of fused-ring (bicyclic) bond motifs is 2. The van der Waals surface area contributed by atoms with Gasteiger partial charge in [0.15, 0.2) is 0 Å². The van der Waals surface area contributed by atoms with E-state index in [-0.39, 0.29) is 23.2 Å². The van der Waals surface area contributed by atoms with E-state index in [1.807, 2.05) is 12.2 Å². The van der Waals surface area contributed by atoms with Crippen LogP contribution in [0.15, 0.2) is 18.3 Å². The molecule has 0 spiro atoms. The molecule has 4 atom stereocenters. The minimum Gasteiger partial charge on any atom is -0.481 e. The average Bonchev–Trinajstić information content (AvgIpc) is 3.19. The third-order valence-electron chi connectivity index (χ3n) is 4.68. The number of aryl methyl sites for hydroxylation is 1. The highest BCUT2D eigenvalue weighted by Crippen LogP contribution is 2.48. The van der Waals surface area contributed by atoms with E-state index < -0.39 is 29.6 Å². The highest BCUT2D eigenvalue weighted by Gasteiger charge is 2.51. The van der Waals surface area contributed by atoms with E-state index in [0.717, 1.165) is 0 Å². The molecule has 23 heavy (non-hydrogen) atoms. The van der Waals surface area contributed by atoms with Crippen LogP contribution in [0.4, 0.5) is 5.69 Å². The van der Waals surface area contributed by atoms with Crippen LogP contribution in [-0.2, 0) is 16.1 Å². The fourth-order valence-corrected chi connectivity index (χ4v) is 3.71. The predicted molar refractivity (Wildman–Crippen MR) is 80.4 cm³/mol. The van der Waals surface area contributed by atoms with Gasteiger partial charge in [0.2, 0.25) is 5.91 Å². The summed E-state index contributed by atoms with van der Waals surface area (Å²) in [6, 6.07) is 0. The molecule has 1 aromatic heterocycles. The van der Waals surface area contributed by atoms with Crippen molar-refractivity contribution in [1.29, 1.82) is 0 Å². The number of aliphatic carboxylic acids is 1. The Balaban J connectivity index is 1.85. The van der Waals surface area contributed by atoms with Gasteiger partial charge in [0.1, 0.15) is 5.69 Å². The molecule has 0 aliphatic heterocycles. The third kappa shape index (κ3) is 2.39. The zero-order chi connectivity index (χ0) is 16.7. The first-order valence-corrected chi connectivity index (χ1v) is 7.51. The second-order valence-electron chi connectivity index (χ2n) is 5.91. The van der Waals surface area contributed by atoms with E-state index in [2.05, 4.69) is 10.4 Å². The van der Waals surface area contributed by atoms with Gasteiger partial charge in [0, 0.05) is 6.54 Å². The number of nitrogens with zero attached hydrogens (tertiary/aromatic N) is 2. The van der Waals surface area contributed by atoms with Gasteiger partial charge in [-0.05, 0) is 25.2 Å². The number of aromatic nitrogens is 2.